The number of fused-ring (bicyclic) bond motifs is 2. The second-order valence-electron chi connectivity index (χ2n) is 6.31. The van der Waals surface area contributed by atoms with Crippen molar-refractivity contribution in [3.63, 3.8) is 0 Å². The fourth-order valence-corrected chi connectivity index (χ4v) is 3.09. The van der Waals surface area contributed by atoms with E-state index in [2.05, 4.69) is 10.6 Å². The van der Waals surface area contributed by atoms with E-state index in [-0.39, 0.29) is 18.1 Å². The summed E-state index contributed by atoms with van der Waals surface area (Å²) < 4.78 is 0. The quantitative estimate of drug-likeness (QED) is 0.453. The summed E-state index contributed by atoms with van der Waals surface area (Å²) in [6.45, 7) is 2.06. The molecule has 1 aliphatic rings. The molecule has 0 aliphatic heterocycles. The molecule has 5 N–H and O–H groups in total. The molecule has 1 unspecified atom stereocenters. The highest BCUT2D eigenvalue weighted by atomic mass is 16.3. The third-order valence-corrected chi connectivity index (χ3v) is 4.42. The van der Waals surface area contributed by atoms with Crippen LogP contribution in [0.5, 0.6) is 0 Å². The van der Waals surface area contributed by atoms with Crippen LogP contribution in [-0.4, -0.2) is 49.0 Å². The first-order valence-electron chi connectivity index (χ1n) is 8.77. The minimum Gasteiger partial charge on any atom is -0.390 e. The largest absolute Gasteiger partial charge is 0.390 e. The van der Waals surface area contributed by atoms with E-state index in [1.54, 1.807) is 42.5 Å². The van der Waals surface area contributed by atoms with E-state index >= 15 is 0 Å². The predicted molar refractivity (Wildman–Crippen MR) is 101 cm³/mol. The number of nitrogens with two attached hydrogens (primary N) is 1. The molecule has 3 rings (SSSR count). The molecule has 1 atom stereocenters. The topological polar surface area (TPSA) is 104 Å². The van der Waals surface area contributed by atoms with Crippen LogP contribution >= 0.6 is 0 Å². The number of hydrogen-bond donors (Lipinski definition) is 4. The Balaban J connectivity index is 1.75. The average molecular weight is 353 g/mol. The molecule has 136 valence electrons. The van der Waals surface area contributed by atoms with Crippen LogP contribution in [0.25, 0.3) is 0 Å². The van der Waals surface area contributed by atoms with Crippen molar-refractivity contribution < 1.29 is 14.7 Å². The highest BCUT2D eigenvalue weighted by Gasteiger charge is 2.31. The van der Waals surface area contributed by atoms with Gasteiger partial charge in [-0.2, -0.15) is 0 Å². The van der Waals surface area contributed by atoms with Gasteiger partial charge in [-0.1, -0.05) is 36.4 Å². The Bertz CT molecular complexity index is 820. The van der Waals surface area contributed by atoms with Gasteiger partial charge in [-0.05, 0) is 25.6 Å². The number of benzene rings is 2. The maximum Gasteiger partial charge on any atom is 0.196 e. The fraction of sp³-hybridized carbons (Fsp3) is 0.300. The van der Waals surface area contributed by atoms with Gasteiger partial charge >= 0.3 is 0 Å². The van der Waals surface area contributed by atoms with Gasteiger partial charge in [-0.3, -0.25) is 9.59 Å². The molecule has 0 radical (unpaired) electrons. The summed E-state index contributed by atoms with van der Waals surface area (Å²) in [5, 5.41) is 16.3. The zero-order valence-electron chi connectivity index (χ0n) is 14.5. The van der Waals surface area contributed by atoms with Crippen LogP contribution in [0.2, 0.25) is 0 Å². The van der Waals surface area contributed by atoms with Gasteiger partial charge in [0.1, 0.15) is 0 Å². The number of nitrogens with one attached hydrogen (secondary N) is 2. The molecule has 0 saturated heterocycles. The summed E-state index contributed by atoms with van der Waals surface area (Å²) in [6, 6.07) is 12.0. The van der Waals surface area contributed by atoms with Gasteiger partial charge in [-0.25, -0.2) is 0 Å². The summed E-state index contributed by atoms with van der Waals surface area (Å²) in [4.78, 5) is 25.6. The van der Waals surface area contributed by atoms with E-state index < -0.39 is 6.10 Å². The monoisotopic (exact) mass is 353 g/mol. The van der Waals surface area contributed by atoms with E-state index in [1.807, 2.05) is 0 Å². The van der Waals surface area contributed by atoms with Crippen molar-refractivity contribution in [2.45, 2.75) is 12.5 Å². The SMILES string of the molecule is NCCCNCC(O)CNc1cccc2c1C(=O)c1ccccc1C2=O. The van der Waals surface area contributed by atoms with Crippen molar-refractivity contribution in [2.75, 3.05) is 31.5 Å². The molecule has 2 aromatic carbocycles. The Morgan fingerprint density at radius 1 is 0.923 bits per heavy atom. The van der Waals surface area contributed by atoms with Crippen LogP contribution in [0.1, 0.15) is 38.3 Å². The van der Waals surface area contributed by atoms with E-state index in [4.69, 9.17) is 5.73 Å². The number of rotatable bonds is 8. The van der Waals surface area contributed by atoms with Crippen LogP contribution in [0.4, 0.5) is 5.69 Å². The Morgan fingerprint density at radius 2 is 1.62 bits per heavy atom. The molecule has 6 heteroatoms. The molecule has 1 aliphatic carbocycles. The number of ketones is 2. The Morgan fingerprint density at radius 3 is 2.35 bits per heavy atom. The first-order valence-corrected chi connectivity index (χ1v) is 8.77. The summed E-state index contributed by atoms with van der Waals surface area (Å²) in [5.74, 6) is -0.322. The van der Waals surface area contributed by atoms with Crippen molar-refractivity contribution in [3.8, 4) is 0 Å². The molecule has 0 heterocycles. The maximum atomic E-state index is 12.9. The second kappa shape index (κ2) is 8.23. The molecule has 6 nitrogen and oxygen atoms in total. The lowest BCUT2D eigenvalue weighted by Crippen LogP contribution is -2.33. The normalized spacial score (nSPS) is 13.9. The minimum absolute atomic E-state index is 0.150. The van der Waals surface area contributed by atoms with Crippen LogP contribution in [-0.2, 0) is 0 Å². The van der Waals surface area contributed by atoms with Gasteiger partial charge in [0.15, 0.2) is 11.6 Å². The lowest BCUT2D eigenvalue weighted by atomic mass is 9.83. The van der Waals surface area contributed by atoms with E-state index in [1.165, 1.54) is 0 Å². The lowest BCUT2D eigenvalue weighted by molar-refractivity contribution is 0.0979. The Hall–Kier alpha value is -2.54. The number of carbonyl (C=O) groups excluding carboxylic acids is 2. The second-order valence-corrected chi connectivity index (χ2v) is 6.31. The number of aliphatic hydroxyl groups excluding tert-OH is 1. The smallest absolute Gasteiger partial charge is 0.196 e. The number of aliphatic hydroxyl groups is 1. The van der Waals surface area contributed by atoms with Crippen LogP contribution in [0, 0.1) is 0 Å². The van der Waals surface area contributed by atoms with E-state index in [0.29, 0.717) is 41.0 Å². The van der Waals surface area contributed by atoms with Gasteiger partial charge in [0, 0.05) is 35.5 Å². The highest BCUT2D eigenvalue weighted by Crippen LogP contribution is 2.31. The molecule has 0 spiro atoms. The summed E-state index contributed by atoms with van der Waals surface area (Å²) >= 11 is 0. The molecule has 0 fully saturated rings. The predicted octanol–water partition coefficient (Wildman–Crippen LogP) is 1.17. The number of hydrogen-bond acceptors (Lipinski definition) is 6. The minimum atomic E-state index is -0.620. The van der Waals surface area contributed by atoms with Crippen molar-refractivity contribution in [2.24, 2.45) is 5.73 Å². The van der Waals surface area contributed by atoms with Crippen molar-refractivity contribution in [1.29, 1.82) is 0 Å². The third kappa shape index (κ3) is 3.67. The lowest BCUT2D eigenvalue weighted by Gasteiger charge is -2.21. The first-order chi connectivity index (χ1) is 12.6. The van der Waals surface area contributed by atoms with E-state index in [9.17, 15) is 14.7 Å². The molecule has 2 aromatic rings. The average Bonchev–Trinajstić information content (AvgIpc) is 2.67. The van der Waals surface area contributed by atoms with Crippen molar-refractivity contribution >= 4 is 17.3 Å². The van der Waals surface area contributed by atoms with E-state index in [0.717, 1.165) is 13.0 Å². The maximum absolute atomic E-state index is 12.9. The molecule has 0 saturated carbocycles. The summed E-state index contributed by atoms with van der Waals surface area (Å²) in [5.41, 5.74) is 7.62. The molecule has 0 bridgehead atoms. The van der Waals surface area contributed by atoms with Gasteiger partial charge < -0.3 is 21.5 Å². The summed E-state index contributed by atoms with van der Waals surface area (Å²) in [7, 11) is 0. The van der Waals surface area contributed by atoms with Gasteiger partial charge in [0.25, 0.3) is 0 Å². The van der Waals surface area contributed by atoms with Gasteiger partial charge in [-0.15, -0.1) is 0 Å². The van der Waals surface area contributed by atoms with Crippen molar-refractivity contribution in [3.05, 3.63) is 64.7 Å². The number of carbonyl (C=O) groups is 2. The summed E-state index contributed by atoms with van der Waals surface area (Å²) in [6.07, 6.45) is 0.229. The van der Waals surface area contributed by atoms with Gasteiger partial charge in [0.05, 0.1) is 11.7 Å². The Kier molecular flexibility index (Phi) is 5.78. The standard InChI is InChI=1S/C20H23N3O3/c21-9-4-10-22-11-13(24)12-23-17-8-3-7-16-18(17)20(26)15-6-2-1-5-14(15)19(16)25/h1-3,5-8,13,22-24H,4,9-12,21H2. The zero-order chi connectivity index (χ0) is 18.5. The third-order valence-electron chi connectivity index (χ3n) is 4.42. The van der Waals surface area contributed by atoms with Crippen LogP contribution < -0.4 is 16.4 Å². The van der Waals surface area contributed by atoms with Gasteiger partial charge in [0.2, 0.25) is 0 Å². The first kappa shape index (κ1) is 18.3. The van der Waals surface area contributed by atoms with Crippen LogP contribution in [0.15, 0.2) is 42.5 Å². The van der Waals surface area contributed by atoms with Crippen molar-refractivity contribution in [1.82, 2.24) is 5.32 Å². The molecular weight excluding hydrogens is 330 g/mol. The van der Waals surface area contributed by atoms with Crippen LogP contribution in [0.3, 0.4) is 0 Å². The molecule has 0 aromatic heterocycles. The molecule has 26 heavy (non-hydrogen) atoms. The number of anilines is 1. The molecular formula is C20H23N3O3. The fourth-order valence-electron chi connectivity index (χ4n) is 3.09. The molecule has 0 amide bonds. The Labute approximate surface area is 152 Å². The highest BCUT2D eigenvalue weighted by molar-refractivity contribution is 6.30. The zero-order valence-corrected chi connectivity index (χ0v) is 14.5.